The first-order valence-corrected chi connectivity index (χ1v) is 13.4. The Morgan fingerprint density at radius 1 is 1.06 bits per heavy atom. The number of aromatic amines is 1. The van der Waals surface area contributed by atoms with Crippen LogP contribution in [-0.4, -0.2) is 35.3 Å². The molecule has 0 aliphatic carbocycles. The van der Waals surface area contributed by atoms with Crippen LogP contribution in [0.25, 0.3) is 33.4 Å². The average Bonchev–Trinajstić information content (AvgIpc) is 3.43. The minimum absolute atomic E-state index is 0.188. The number of hydrogen-bond acceptors (Lipinski definition) is 6. The van der Waals surface area contributed by atoms with Gasteiger partial charge >= 0.3 is 5.76 Å². The molecule has 0 bridgehead atoms. The van der Waals surface area contributed by atoms with Crippen molar-refractivity contribution in [2.75, 3.05) is 11.6 Å². The van der Waals surface area contributed by atoms with Crippen LogP contribution in [0.4, 0.5) is 5.69 Å². The average molecular weight is 567 g/mol. The molecule has 0 aliphatic rings. The number of benzene rings is 3. The number of carbonyl (C=O) groups is 1. The molecule has 5 aromatic rings. The Labute approximate surface area is 213 Å². The van der Waals surface area contributed by atoms with Crippen LogP contribution in [0.5, 0.6) is 0 Å². The van der Waals surface area contributed by atoms with E-state index in [4.69, 9.17) is 0 Å². The molecule has 0 atom stereocenters. The maximum Gasteiger partial charge on any atom is 0.439 e. The first-order valence-electron chi connectivity index (χ1n) is 10.7. The third kappa shape index (κ3) is 4.38. The van der Waals surface area contributed by atoms with E-state index in [-0.39, 0.29) is 16.6 Å². The van der Waals surface area contributed by atoms with Crippen LogP contribution in [0.3, 0.4) is 0 Å². The quantitative estimate of drug-likeness (QED) is 0.320. The third-order valence-electron chi connectivity index (χ3n) is 5.81. The Bertz CT molecular complexity index is 1800. The van der Waals surface area contributed by atoms with Gasteiger partial charge in [0.1, 0.15) is 5.69 Å². The van der Waals surface area contributed by atoms with E-state index >= 15 is 0 Å². The number of carbonyl (C=O) groups excluding carboxylic acids is 1. The third-order valence-corrected chi connectivity index (χ3v) is 7.43. The van der Waals surface area contributed by atoms with Crippen molar-refractivity contribution < 1.29 is 17.7 Å². The first kappa shape index (κ1) is 23.8. The number of aromatic nitrogens is 3. The summed E-state index contributed by atoms with van der Waals surface area (Å²) in [5.74, 6) is -0.872. The van der Waals surface area contributed by atoms with Gasteiger partial charge < -0.3 is 9.88 Å². The minimum Gasteiger partial charge on any atom is -0.339 e. The summed E-state index contributed by atoms with van der Waals surface area (Å²) < 4.78 is 30.8. The molecule has 2 N–H and O–H groups in total. The number of rotatable bonds is 5. The van der Waals surface area contributed by atoms with Crippen molar-refractivity contribution >= 4 is 48.3 Å². The highest BCUT2D eigenvalue weighted by Crippen LogP contribution is 2.33. The molecule has 0 fully saturated rings. The van der Waals surface area contributed by atoms with Gasteiger partial charge in [0, 0.05) is 34.3 Å². The molecular weight excluding hydrogens is 548 g/mol. The molecule has 2 aromatic heterocycles. The SMILES string of the molecule is Cn1c(C(=O)Nc2ccc(Br)cc2-c2noc(=O)[nH]2)cc2cccc(-c3ccc(S(C)(=O)=O)cc3)c21. The lowest BCUT2D eigenvalue weighted by Gasteiger charge is -2.11. The van der Waals surface area contributed by atoms with Crippen LogP contribution in [0.1, 0.15) is 10.5 Å². The van der Waals surface area contributed by atoms with Gasteiger partial charge in [-0.05, 0) is 42.0 Å². The fraction of sp³-hybridized carbons (Fsp3) is 0.0800. The maximum absolute atomic E-state index is 13.4. The van der Waals surface area contributed by atoms with Crippen LogP contribution >= 0.6 is 15.9 Å². The van der Waals surface area contributed by atoms with Crippen LogP contribution < -0.4 is 11.1 Å². The number of nitrogens with zero attached hydrogens (tertiary/aromatic N) is 2. The predicted molar refractivity (Wildman–Crippen MR) is 140 cm³/mol. The number of halogens is 1. The van der Waals surface area contributed by atoms with E-state index in [1.165, 1.54) is 6.26 Å². The molecular formula is C25H19BrN4O5S. The van der Waals surface area contributed by atoms with E-state index in [1.807, 2.05) is 18.2 Å². The Balaban J connectivity index is 1.54. The molecule has 0 unspecified atom stereocenters. The summed E-state index contributed by atoms with van der Waals surface area (Å²) in [5, 5.41) is 7.48. The Hall–Kier alpha value is -3.96. The van der Waals surface area contributed by atoms with Crippen LogP contribution in [-0.2, 0) is 16.9 Å². The van der Waals surface area contributed by atoms with Gasteiger partial charge in [0.2, 0.25) is 0 Å². The van der Waals surface area contributed by atoms with Crippen LogP contribution in [0, 0.1) is 0 Å². The Kier molecular flexibility index (Phi) is 5.89. The number of aryl methyl sites for hydroxylation is 1. The summed E-state index contributed by atoms with van der Waals surface area (Å²) in [6.45, 7) is 0. The summed E-state index contributed by atoms with van der Waals surface area (Å²) >= 11 is 3.39. The largest absolute Gasteiger partial charge is 0.439 e. The van der Waals surface area contributed by atoms with Gasteiger partial charge in [0.05, 0.1) is 16.1 Å². The van der Waals surface area contributed by atoms with Crippen molar-refractivity contribution in [3.63, 3.8) is 0 Å². The number of nitrogens with one attached hydrogen (secondary N) is 2. The summed E-state index contributed by atoms with van der Waals surface area (Å²) in [6.07, 6.45) is 1.17. The highest BCUT2D eigenvalue weighted by atomic mass is 79.9. The minimum atomic E-state index is -3.31. The fourth-order valence-electron chi connectivity index (χ4n) is 4.10. The number of hydrogen-bond donors (Lipinski definition) is 2. The zero-order valence-electron chi connectivity index (χ0n) is 19.1. The molecule has 1 amide bonds. The molecule has 0 radical (unpaired) electrons. The lowest BCUT2D eigenvalue weighted by molar-refractivity contribution is 0.102. The van der Waals surface area contributed by atoms with Crippen LogP contribution in [0.15, 0.2) is 85.4 Å². The topological polar surface area (TPSA) is 127 Å². The summed E-state index contributed by atoms with van der Waals surface area (Å²) in [5.41, 5.74) is 3.84. The van der Waals surface area contributed by atoms with Gasteiger partial charge in [-0.1, -0.05) is 51.4 Å². The first-order chi connectivity index (χ1) is 17.1. The number of anilines is 1. The van der Waals surface area contributed by atoms with Crippen molar-refractivity contribution in [1.82, 2.24) is 14.7 Å². The molecule has 2 heterocycles. The van der Waals surface area contributed by atoms with E-state index in [2.05, 4.69) is 35.9 Å². The van der Waals surface area contributed by atoms with Crippen molar-refractivity contribution in [3.8, 4) is 22.5 Å². The molecule has 0 aliphatic heterocycles. The second-order valence-electron chi connectivity index (χ2n) is 8.22. The summed E-state index contributed by atoms with van der Waals surface area (Å²) in [7, 11) is -1.51. The molecule has 0 saturated carbocycles. The van der Waals surface area contributed by atoms with Crippen molar-refractivity contribution in [2.45, 2.75) is 4.90 Å². The Morgan fingerprint density at radius 2 is 1.81 bits per heavy atom. The second-order valence-corrected chi connectivity index (χ2v) is 11.1. The molecule has 3 aromatic carbocycles. The standard InChI is InChI=1S/C25H19BrN4O5S/c1-30-21(24(31)27-20-11-8-16(26)13-19(20)23-28-25(32)35-29-23)12-15-4-3-5-18(22(15)30)14-6-9-17(10-7-14)36(2,33)34/h3-13H,1-2H3,(H,27,31)(H,28,29,32). The number of para-hydroxylation sites is 1. The molecule has 36 heavy (non-hydrogen) atoms. The number of fused-ring (bicyclic) bond motifs is 1. The van der Waals surface area contributed by atoms with Gasteiger partial charge in [0.25, 0.3) is 5.91 Å². The van der Waals surface area contributed by atoms with Gasteiger partial charge in [-0.25, -0.2) is 13.2 Å². The smallest absolute Gasteiger partial charge is 0.339 e. The lowest BCUT2D eigenvalue weighted by atomic mass is 10.0. The van der Waals surface area contributed by atoms with Gasteiger partial charge in [-0.15, -0.1) is 0 Å². The number of sulfone groups is 1. The van der Waals surface area contributed by atoms with E-state index in [1.54, 1.807) is 60.1 Å². The van der Waals surface area contributed by atoms with Crippen molar-refractivity contribution in [3.05, 3.63) is 87.4 Å². The van der Waals surface area contributed by atoms with Crippen molar-refractivity contribution in [1.29, 1.82) is 0 Å². The Morgan fingerprint density at radius 3 is 2.47 bits per heavy atom. The molecule has 5 rings (SSSR count). The fourth-order valence-corrected chi connectivity index (χ4v) is 5.09. The van der Waals surface area contributed by atoms with Crippen molar-refractivity contribution in [2.24, 2.45) is 7.05 Å². The highest BCUT2D eigenvalue weighted by Gasteiger charge is 2.19. The zero-order chi connectivity index (χ0) is 25.6. The summed E-state index contributed by atoms with van der Waals surface area (Å²) in [6, 6.07) is 19.3. The normalized spacial score (nSPS) is 11.6. The maximum atomic E-state index is 13.4. The second kappa shape index (κ2) is 8.92. The van der Waals surface area contributed by atoms with Crippen LogP contribution in [0.2, 0.25) is 0 Å². The zero-order valence-corrected chi connectivity index (χ0v) is 21.5. The number of amides is 1. The van der Waals surface area contributed by atoms with E-state index in [0.29, 0.717) is 16.9 Å². The highest BCUT2D eigenvalue weighted by molar-refractivity contribution is 9.10. The van der Waals surface area contributed by atoms with Gasteiger partial charge in [0.15, 0.2) is 15.7 Å². The molecule has 9 nitrogen and oxygen atoms in total. The van der Waals surface area contributed by atoms with E-state index < -0.39 is 15.6 Å². The molecule has 182 valence electrons. The number of H-pyrrole nitrogens is 1. The predicted octanol–water partition coefficient (Wildman–Crippen LogP) is 4.61. The summed E-state index contributed by atoms with van der Waals surface area (Å²) in [4.78, 5) is 27.5. The lowest BCUT2D eigenvalue weighted by Crippen LogP contribution is -2.16. The molecule has 11 heteroatoms. The molecule has 0 saturated heterocycles. The van der Waals surface area contributed by atoms with Gasteiger partial charge in [-0.3, -0.25) is 14.3 Å². The van der Waals surface area contributed by atoms with Gasteiger partial charge in [-0.2, -0.15) is 0 Å². The molecule has 0 spiro atoms. The van der Waals surface area contributed by atoms with E-state index in [0.717, 1.165) is 26.5 Å². The monoisotopic (exact) mass is 566 g/mol. The van der Waals surface area contributed by atoms with E-state index in [9.17, 15) is 18.0 Å².